The number of phenolic OH excluding ortho intramolecular Hbond substituents is 1. The zero-order valence-electron chi connectivity index (χ0n) is 7.89. The number of carbonyl (C=O) groups excluding carboxylic acids is 1. The lowest BCUT2D eigenvalue weighted by molar-refractivity contribution is 0.0959. The summed E-state index contributed by atoms with van der Waals surface area (Å²) in [6, 6.07) is 3.26. The van der Waals surface area contributed by atoms with Gasteiger partial charge >= 0.3 is 0 Å². The van der Waals surface area contributed by atoms with E-state index in [0.29, 0.717) is 0 Å². The Morgan fingerprint density at radius 1 is 1.47 bits per heavy atom. The van der Waals surface area contributed by atoms with E-state index in [-0.39, 0.29) is 16.2 Å². The van der Waals surface area contributed by atoms with Crippen molar-refractivity contribution in [3.8, 4) is 5.75 Å². The molecule has 1 rings (SSSR count). The summed E-state index contributed by atoms with van der Waals surface area (Å²) in [6.45, 7) is 0. The Morgan fingerprint density at radius 3 is 2.53 bits per heavy atom. The molecule has 0 atom stereocenters. The van der Waals surface area contributed by atoms with Gasteiger partial charge in [-0.05, 0) is 18.2 Å². The monoisotopic (exact) mass is 230 g/mol. The van der Waals surface area contributed by atoms with Gasteiger partial charge in [-0.2, -0.15) is 0 Å². The summed E-state index contributed by atoms with van der Waals surface area (Å²) in [4.78, 5) is 11.0. The maximum Gasteiger partial charge on any atom is 0.252 e. The van der Waals surface area contributed by atoms with E-state index in [1.54, 1.807) is 0 Å². The lowest BCUT2D eigenvalue weighted by atomic mass is 10.2. The Hall–Kier alpha value is -1.60. The predicted octanol–water partition coefficient (Wildman–Crippen LogP) is -0.601. The minimum absolute atomic E-state index is 0.181. The minimum atomic E-state index is -3.98. The van der Waals surface area contributed by atoms with Gasteiger partial charge < -0.3 is 10.4 Å². The highest BCUT2D eigenvalue weighted by Gasteiger charge is 2.18. The second-order valence-corrected chi connectivity index (χ2v) is 4.33. The first kappa shape index (κ1) is 11.5. The van der Waals surface area contributed by atoms with Gasteiger partial charge in [0.15, 0.2) is 0 Å². The molecule has 0 spiro atoms. The molecule has 4 N–H and O–H groups in total. The standard InChI is InChI=1S/C8H10N2O4S/c1-10-8(12)6-4-5(11)2-3-7(6)15(9,13)14/h2-4,11H,1H3,(H,10,12)(H2,9,13,14). The molecular formula is C8H10N2O4S. The molecule has 0 bridgehead atoms. The SMILES string of the molecule is CNC(=O)c1cc(O)ccc1S(N)(=O)=O. The second-order valence-electron chi connectivity index (χ2n) is 2.80. The first-order valence-electron chi connectivity index (χ1n) is 3.94. The van der Waals surface area contributed by atoms with Gasteiger partial charge in [0.2, 0.25) is 10.0 Å². The zero-order valence-corrected chi connectivity index (χ0v) is 8.71. The van der Waals surface area contributed by atoms with E-state index in [9.17, 15) is 13.2 Å². The van der Waals surface area contributed by atoms with Gasteiger partial charge in [-0.25, -0.2) is 13.6 Å². The second kappa shape index (κ2) is 3.87. The smallest absolute Gasteiger partial charge is 0.252 e. The maximum atomic E-state index is 11.3. The summed E-state index contributed by atoms with van der Waals surface area (Å²) in [5.41, 5.74) is -0.181. The van der Waals surface area contributed by atoms with Crippen molar-refractivity contribution in [1.29, 1.82) is 0 Å². The number of benzene rings is 1. The molecule has 82 valence electrons. The topological polar surface area (TPSA) is 109 Å². The van der Waals surface area contributed by atoms with Crippen LogP contribution in [0.1, 0.15) is 10.4 Å². The van der Waals surface area contributed by atoms with Crippen molar-refractivity contribution in [2.45, 2.75) is 4.90 Å². The Morgan fingerprint density at radius 2 is 2.07 bits per heavy atom. The number of carbonyl (C=O) groups is 1. The minimum Gasteiger partial charge on any atom is -0.508 e. The van der Waals surface area contributed by atoms with Crippen LogP contribution in [0.2, 0.25) is 0 Å². The van der Waals surface area contributed by atoms with Crippen LogP contribution in [0.25, 0.3) is 0 Å². The Bertz CT molecular complexity index is 495. The van der Waals surface area contributed by atoms with Crippen LogP contribution in [0.3, 0.4) is 0 Å². The largest absolute Gasteiger partial charge is 0.508 e. The molecular weight excluding hydrogens is 220 g/mol. The van der Waals surface area contributed by atoms with Crippen molar-refractivity contribution in [3.05, 3.63) is 23.8 Å². The summed E-state index contributed by atoms with van der Waals surface area (Å²) < 4.78 is 22.2. The number of hydrogen-bond acceptors (Lipinski definition) is 4. The van der Waals surface area contributed by atoms with E-state index in [4.69, 9.17) is 10.2 Å². The van der Waals surface area contributed by atoms with E-state index in [1.807, 2.05) is 0 Å². The average Bonchev–Trinajstić information content (AvgIpc) is 2.14. The van der Waals surface area contributed by atoms with Gasteiger partial charge in [0.1, 0.15) is 5.75 Å². The molecule has 1 aromatic rings. The van der Waals surface area contributed by atoms with Gasteiger partial charge in [0.25, 0.3) is 5.91 Å². The normalized spacial score (nSPS) is 11.1. The van der Waals surface area contributed by atoms with Gasteiger partial charge in [0.05, 0.1) is 10.5 Å². The van der Waals surface area contributed by atoms with Crippen LogP contribution in [0, 0.1) is 0 Å². The van der Waals surface area contributed by atoms with Crippen LogP contribution in [0.4, 0.5) is 0 Å². The number of phenols is 1. The molecule has 15 heavy (non-hydrogen) atoms. The van der Waals surface area contributed by atoms with Crippen molar-refractivity contribution >= 4 is 15.9 Å². The number of nitrogens with two attached hydrogens (primary N) is 1. The first-order chi connectivity index (χ1) is 6.86. The zero-order chi connectivity index (χ0) is 11.6. The van der Waals surface area contributed by atoms with Crippen molar-refractivity contribution in [2.75, 3.05) is 7.05 Å². The van der Waals surface area contributed by atoms with Crippen LogP contribution < -0.4 is 10.5 Å². The van der Waals surface area contributed by atoms with Crippen molar-refractivity contribution in [1.82, 2.24) is 5.32 Å². The molecule has 0 fully saturated rings. The van der Waals surface area contributed by atoms with Gasteiger partial charge in [-0.3, -0.25) is 4.79 Å². The summed E-state index contributed by atoms with van der Waals surface area (Å²) in [7, 11) is -2.63. The van der Waals surface area contributed by atoms with E-state index in [2.05, 4.69) is 5.32 Å². The summed E-state index contributed by atoms with van der Waals surface area (Å²) in [5, 5.41) is 16.3. The summed E-state index contributed by atoms with van der Waals surface area (Å²) >= 11 is 0. The fraction of sp³-hybridized carbons (Fsp3) is 0.125. The highest BCUT2D eigenvalue weighted by Crippen LogP contribution is 2.19. The third-order valence-corrected chi connectivity index (χ3v) is 2.71. The molecule has 0 aliphatic carbocycles. The van der Waals surface area contributed by atoms with Crippen molar-refractivity contribution in [3.63, 3.8) is 0 Å². The van der Waals surface area contributed by atoms with E-state index >= 15 is 0 Å². The van der Waals surface area contributed by atoms with Gasteiger partial charge in [-0.15, -0.1) is 0 Å². The predicted molar refractivity (Wildman–Crippen MR) is 52.9 cm³/mol. The quantitative estimate of drug-likeness (QED) is 0.630. The molecule has 0 unspecified atom stereocenters. The van der Waals surface area contributed by atoms with Gasteiger partial charge in [0, 0.05) is 7.05 Å². The fourth-order valence-electron chi connectivity index (χ4n) is 1.08. The van der Waals surface area contributed by atoms with Crippen LogP contribution in [0.5, 0.6) is 5.75 Å². The highest BCUT2D eigenvalue weighted by atomic mass is 32.2. The third-order valence-electron chi connectivity index (χ3n) is 1.74. The van der Waals surface area contributed by atoms with Crippen molar-refractivity contribution in [2.24, 2.45) is 5.14 Å². The number of aromatic hydroxyl groups is 1. The molecule has 0 heterocycles. The summed E-state index contributed by atoms with van der Waals surface area (Å²) in [5.74, 6) is -0.837. The highest BCUT2D eigenvalue weighted by molar-refractivity contribution is 7.89. The molecule has 0 radical (unpaired) electrons. The molecule has 0 aliphatic heterocycles. The Kier molecular flexibility index (Phi) is 2.96. The molecule has 1 aromatic carbocycles. The lowest BCUT2D eigenvalue weighted by Gasteiger charge is -2.06. The van der Waals surface area contributed by atoms with E-state index in [1.165, 1.54) is 7.05 Å². The molecule has 1 amide bonds. The summed E-state index contributed by atoms with van der Waals surface area (Å²) in [6.07, 6.45) is 0. The number of primary sulfonamides is 1. The molecule has 0 aromatic heterocycles. The Balaban J connectivity index is 3.47. The number of nitrogens with one attached hydrogen (secondary N) is 1. The maximum absolute atomic E-state index is 11.3. The number of rotatable bonds is 2. The molecule has 0 saturated heterocycles. The van der Waals surface area contributed by atoms with E-state index < -0.39 is 15.9 Å². The Labute approximate surface area is 86.8 Å². The van der Waals surface area contributed by atoms with Crippen LogP contribution in [-0.2, 0) is 10.0 Å². The number of sulfonamides is 1. The first-order valence-corrected chi connectivity index (χ1v) is 5.49. The molecule has 0 aliphatic rings. The van der Waals surface area contributed by atoms with E-state index in [0.717, 1.165) is 18.2 Å². The fourth-order valence-corrected chi connectivity index (χ4v) is 1.79. The lowest BCUT2D eigenvalue weighted by Crippen LogP contribution is -2.23. The average molecular weight is 230 g/mol. The van der Waals surface area contributed by atoms with Gasteiger partial charge in [-0.1, -0.05) is 0 Å². The third kappa shape index (κ3) is 2.45. The molecule has 6 nitrogen and oxygen atoms in total. The number of hydrogen-bond donors (Lipinski definition) is 3. The van der Waals surface area contributed by atoms with Crippen LogP contribution >= 0.6 is 0 Å². The van der Waals surface area contributed by atoms with Crippen LogP contribution in [0.15, 0.2) is 23.1 Å². The number of amides is 1. The van der Waals surface area contributed by atoms with Crippen molar-refractivity contribution < 1.29 is 18.3 Å². The molecule has 7 heteroatoms. The molecule has 0 saturated carbocycles. The van der Waals surface area contributed by atoms with Crippen LogP contribution in [-0.4, -0.2) is 26.5 Å².